The molecule has 0 spiro atoms. The van der Waals surface area contributed by atoms with Crippen molar-refractivity contribution < 1.29 is 18.9 Å². The van der Waals surface area contributed by atoms with Crippen LogP contribution >= 0.6 is 22.7 Å². The molecule has 0 amide bonds. The molecule has 34 heavy (non-hydrogen) atoms. The summed E-state index contributed by atoms with van der Waals surface area (Å²) in [6.45, 7) is 0.252. The quantitative estimate of drug-likeness (QED) is 0.331. The number of hydrogen-bond acceptors (Lipinski definition) is 9. The number of aromatic nitrogens is 1. The molecule has 0 saturated heterocycles. The van der Waals surface area contributed by atoms with Crippen molar-refractivity contribution in [2.24, 2.45) is 5.10 Å². The van der Waals surface area contributed by atoms with Gasteiger partial charge in [0.25, 0.3) is 0 Å². The van der Waals surface area contributed by atoms with Crippen LogP contribution in [0.2, 0.25) is 0 Å². The van der Waals surface area contributed by atoms with Crippen molar-refractivity contribution in [2.45, 2.75) is 12.5 Å². The van der Waals surface area contributed by atoms with Gasteiger partial charge in [-0.15, -0.1) is 22.7 Å². The molecule has 2 aliphatic heterocycles. The van der Waals surface area contributed by atoms with Gasteiger partial charge in [-0.25, -0.2) is 9.99 Å². The number of hydrazone groups is 1. The van der Waals surface area contributed by atoms with Crippen LogP contribution in [0, 0.1) is 0 Å². The molecular weight excluding hydrogens is 470 g/mol. The zero-order valence-corrected chi connectivity index (χ0v) is 20.2. The zero-order valence-electron chi connectivity index (χ0n) is 18.6. The van der Waals surface area contributed by atoms with Crippen molar-refractivity contribution in [3.8, 4) is 34.3 Å². The Labute approximate surface area is 204 Å². The number of nitrogens with zero attached hydrogens (tertiary/aromatic N) is 3. The molecule has 172 valence electrons. The van der Waals surface area contributed by atoms with Gasteiger partial charge in [-0.05, 0) is 47.3 Å². The van der Waals surface area contributed by atoms with E-state index >= 15 is 0 Å². The van der Waals surface area contributed by atoms with Gasteiger partial charge in [-0.3, -0.25) is 0 Å². The third-order valence-corrected chi connectivity index (χ3v) is 7.62. The summed E-state index contributed by atoms with van der Waals surface area (Å²) in [7, 11) is 3.31. The highest BCUT2D eigenvalue weighted by atomic mass is 32.1. The molecular formula is C25H21N3O4S2. The number of benzene rings is 2. The van der Waals surface area contributed by atoms with Crippen LogP contribution in [0.3, 0.4) is 0 Å². The molecule has 0 N–H and O–H groups in total. The van der Waals surface area contributed by atoms with E-state index in [-0.39, 0.29) is 12.8 Å². The Kier molecular flexibility index (Phi) is 5.35. The summed E-state index contributed by atoms with van der Waals surface area (Å²) in [5.74, 6) is 3.04. The topological polar surface area (TPSA) is 65.4 Å². The van der Waals surface area contributed by atoms with E-state index in [0.29, 0.717) is 0 Å². The first-order chi connectivity index (χ1) is 16.7. The van der Waals surface area contributed by atoms with Gasteiger partial charge in [0.05, 0.1) is 36.5 Å². The van der Waals surface area contributed by atoms with Crippen LogP contribution in [0.15, 0.2) is 64.4 Å². The van der Waals surface area contributed by atoms with Crippen LogP contribution in [0.4, 0.5) is 5.13 Å². The van der Waals surface area contributed by atoms with Gasteiger partial charge in [0, 0.05) is 17.4 Å². The van der Waals surface area contributed by atoms with Crippen LogP contribution < -0.4 is 24.0 Å². The number of fused-ring (bicyclic) bond motifs is 1. The first-order valence-electron chi connectivity index (χ1n) is 10.7. The van der Waals surface area contributed by atoms with Gasteiger partial charge < -0.3 is 18.9 Å². The minimum atomic E-state index is -0.00203. The van der Waals surface area contributed by atoms with E-state index in [4.69, 9.17) is 29.0 Å². The van der Waals surface area contributed by atoms with Crippen LogP contribution in [0.5, 0.6) is 23.0 Å². The second kappa shape index (κ2) is 8.66. The van der Waals surface area contributed by atoms with Crippen molar-refractivity contribution in [1.29, 1.82) is 0 Å². The molecule has 4 aromatic rings. The maximum Gasteiger partial charge on any atom is 0.231 e. The summed E-state index contributed by atoms with van der Waals surface area (Å²) < 4.78 is 22.1. The Morgan fingerprint density at radius 3 is 2.74 bits per heavy atom. The van der Waals surface area contributed by atoms with Gasteiger partial charge in [-0.2, -0.15) is 5.10 Å². The van der Waals surface area contributed by atoms with E-state index in [0.717, 1.165) is 57.1 Å². The van der Waals surface area contributed by atoms with Crippen molar-refractivity contribution in [1.82, 2.24) is 4.98 Å². The summed E-state index contributed by atoms with van der Waals surface area (Å²) in [6.07, 6.45) is 0.775. The van der Waals surface area contributed by atoms with Gasteiger partial charge in [-0.1, -0.05) is 12.1 Å². The lowest BCUT2D eigenvalue weighted by atomic mass is 10.0. The lowest BCUT2D eigenvalue weighted by Gasteiger charge is -2.21. The summed E-state index contributed by atoms with van der Waals surface area (Å²) >= 11 is 3.25. The average molecular weight is 492 g/mol. The Bertz CT molecular complexity index is 1370. The maximum absolute atomic E-state index is 5.63. The van der Waals surface area contributed by atoms with Gasteiger partial charge in [0.15, 0.2) is 11.5 Å². The lowest BCUT2D eigenvalue weighted by molar-refractivity contribution is 0.174. The molecule has 4 heterocycles. The number of thiophene rings is 1. The van der Waals surface area contributed by atoms with E-state index in [9.17, 15) is 0 Å². The molecule has 2 aromatic heterocycles. The second-order valence-electron chi connectivity index (χ2n) is 7.78. The summed E-state index contributed by atoms with van der Waals surface area (Å²) in [5, 5.41) is 12.0. The molecule has 0 radical (unpaired) electrons. The lowest BCUT2D eigenvalue weighted by Crippen LogP contribution is -2.18. The predicted molar refractivity (Wildman–Crippen MR) is 134 cm³/mol. The highest BCUT2D eigenvalue weighted by Gasteiger charge is 2.33. The third kappa shape index (κ3) is 3.66. The molecule has 7 nitrogen and oxygen atoms in total. The summed E-state index contributed by atoms with van der Waals surface area (Å²) in [4.78, 5) is 6.13. The van der Waals surface area contributed by atoms with E-state index in [2.05, 4.69) is 23.6 Å². The summed E-state index contributed by atoms with van der Waals surface area (Å²) in [5.41, 5.74) is 3.86. The first-order valence-corrected chi connectivity index (χ1v) is 12.5. The number of thiazole rings is 1. The maximum atomic E-state index is 5.63. The van der Waals surface area contributed by atoms with Crippen molar-refractivity contribution in [3.63, 3.8) is 0 Å². The highest BCUT2D eigenvalue weighted by Crippen LogP contribution is 2.43. The van der Waals surface area contributed by atoms with Crippen LogP contribution in [-0.2, 0) is 0 Å². The monoisotopic (exact) mass is 491 g/mol. The Hall–Kier alpha value is -3.56. The number of rotatable bonds is 6. The van der Waals surface area contributed by atoms with Crippen LogP contribution in [0.25, 0.3) is 11.3 Å². The van der Waals surface area contributed by atoms with Crippen molar-refractivity contribution in [2.75, 3.05) is 26.0 Å². The Balaban J connectivity index is 1.40. The molecule has 0 saturated carbocycles. The minimum absolute atomic E-state index is 0.00203. The molecule has 6 rings (SSSR count). The fourth-order valence-electron chi connectivity index (χ4n) is 4.17. The van der Waals surface area contributed by atoms with Crippen molar-refractivity contribution >= 4 is 33.5 Å². The van der Waals surface area contributed by atoms with E-state index < -0.39 is 0 Å². The smallest absolute Gasteiger partial charge is 0.231 e. The summed E-state index contributed by atoms with van der Waals surface area (Å²) in [6, 6.07) is 16.0. The SMILES string of the molecule is COc1ccc(OC)c(-c2csc(N3N=C(c4cccs4)C[C@H]3c3ccc4c(c3)OCO4)n2)c1. The third-order valence-electron chi connectivity index (χ3n) is 5.87. The number of methoxy groups -OCH3 is 2. The number of anilines is 1. The second-order valence-corrected chi connectivity index (χ2v) is 9.57. The molecule has 9 heteroatoms. The molecule has 0 aliphatic carbocycles. The minimum Gasteiger partial charge on any atom is -0.497 e. The number of ether oxygens (including phenoxy) is 4. The van der Waals surface area contributed by atoms with Gasteiger partial charge in [0.2, 0.25) is 11.9 Å². The molecule has 0 bridgehead atoms. The standard InChI is InChI=1S/C25H21N3O4S2/c1-29-16-6-8-21(30-2)17(11-16)19-13-34-25(26-19)28-20(12-18(27-28)24-4-3-9-33-24)15-5-7-22-23(10-15)32-14-31-22/h3-11,13,20H,12,14H2,1-2H3/t20-/m0/s1. The molecule has 2 aliphatic rings. The highest BCUT2D eigenvalue weighted by molar-refractivity contribution is 7.14. The van der Waals surface area contributed by atoms with E-state index in [1.165, 1.54) is 4.88 Å². The van der Waals surface area contributed by atoms with Crippen molar-refractivity contribution in [3.05, 3.63) is 69.7 Å². The fraction of sp³-hybridized carbons (Fsp3) is 0.200. The molecule has 0 fully saturated rings. The molecule has 2 aromatic carbocycles. The van der Waals surface area contributed by atoms with Crippen LogP contribution in [0.1, 0.15) is 22.9 Å². The fourth-order valence-corrected chi connectivity index (χ4v) is 5.71. The number of hydrogen-bond donors (Lipinski definition) is 0. The zero-order chi connectivity index (χ0) is 23.1. The first kappa shape index (κ1) is 21.0. The Morgan fingerprint density at radius 2 is 1.91 bits per heavy atom. The van der Waals surface area contributed by atoms with E-state index in [1.54, 1.807) is 36.9 Å². The Morgan fingerprint density at radius 1 is 1.00 bits per heavy atom. The largest absolute Gasteiger partial charge is 0.497 e. The predicted octanol–water partition coefficient (Wildman–Crippen LogP) is 5.97. The molecule has 1 atom stereocenters. The normalized spacial score (nSPS) is 16.6. The van der Waals surface area contributed by atoms with Gasteiger partial charge >= 0.3 is 0 Å². The van der Waals surface area contributed by atoms with Crippen LogP contribution in [-0.4, -0.2) is 31.7 Å². The average Bonchev–Trinajstić information content (AvgIpc) is 3.68. The van der Waals surface area contributed by atoms with Gasteiger partial charge in [0.1, 0.15) is 11.5 Å². The van der Waals surface area contributed by atoms with E-state index in [1.807, 2.05) is 40.7 Å². The molecule has 0 unspecified atom stereocenters.